The number of aromatic hydroxyl groups is 3. The van der Waals surface area contributed by atoms with Gasteiger partial charge in [-0.1, -0.05) is 0 Å². The molecule has 0 aliphatic carbocycles. The molecule has 0 spiro atoms. The second kappa shape index (κ2) is 3.73. The fourth-order valence-corrected chi connectivity index (χ4v) is 1.18. The van der Waals surface area contributed by atoms with E-state index < -0.39 is 23.2 Å². The van der Waals surface area contributed by atoms with E-state index in [2.05, 4.69) is 3.07 Å². The predicted molar refractivity (Wildman–Crippen MR) is 44.0 cm³/mol. The Morgan fingerprint density at radius 3 is 2.08 bits per heavy atom. The molecule has 0 heterocycles. The monoisotopic (exact) mass is 290 g/mol. The average Bonchev–Trinajstić information content (AvgIpc) is 2.12. The van der Waals surface area contributed by atoms with Gasteiger partial charge in [-0.25, -0.2) is 0 Å². The Kier molecular flexibility index (Phi) is 2.86. The van der Waals surface area contributed by atoms with Crippen LogP contribution in [0.2, 0.25) is 0 Å². The second-order valence-electron chi connectivity index (χ2n) is 2.27. The molecule has 6 heteroatoms. The van der Waals surface area contributed by atoms with Crippen LogP contribution in [-0.4, -0.2) is 44.2 Å². The van der Waals surface area contributed by atoms with Gasteiger partial charge in [-0.3, -0.25) is 0 Å². The molecule has 0 atom stereocenters. The summed E-state index contributed by atoms with van der Waals surface area (Å²) in [6.07, 6.45) is 0. The topological polar surface area (TPSA) is 87.0 Å². The van der Waals surface area contributed by atoms with Crippen molar-refractivity contribution in [1.82, 2.24) is 0 Å². The number of carbonyl (C=O) groups excluding carboxylic acids is 1. The van der Waals surface area contributed by atoms with Crippen molar-refractivity contribution in [2.45, 2.75) is 0 Å². The van der Waals surface area contributed by atoms with Gasteiger partial charge >= 0.3 is 87.0 Å². The van der Waals surface area contributed by atoms with Crippen molar-refractivity contribution in [2.24, 2.45) is 0 Å². The van der Waals surface area contributed by atoms with Crippen molar-refractivity contribution in [2.75, 3.05) is 0 Å². The Labute approximate surface area is 87.2 Å². The van der Waals surface area contributed by atoms with Crippen LogP contribution in [0.25, 0.3) is 0 Å². The van der Waals surface area contributed by atoms with Crippen LogP contribution < -0.4 is 0 Å². The molecular formula is C7H6O5Sn. The Balaban J connectivity index is 3.20. The molecule has 5 nitrogen and oxygen atoms in total. The molecule has 2 radical (unpaired) electrons. The van der Waals surface area contributed by atoms with E-state index in [0.29, 0.717) is 0 Å². The van der Waals surface area contributed by atoms with Gasteiger partial charge in [-0.2, -0.15) is 0 Å². The van der Waals surface area contributed by atoms with Crippen LogP contribution in [0.1, 0.15) is 10.4 Å². The van der Waals surface area contributed by atoms with E-state index in [-0.39, 0.29) is 28.5 Å². The first kappa shape index (κ1) is 9.97. The Morgan fingerprint density at radius 2 is 1.69 bits per heavy atom. The molecule has 0 saturated carbocycles. The SMILES string of the molecule is O=C([O][SnH])c1cc(O)c(O)c(O)c1. The number of benzene rings is 1. The number of hydrogen-bond acceptors (Lipinski definition) is 5. The predicted octanol–water partition coefficient (Wildman–Crippen LogP) is -0.224. The van der Waals surface area contributed by atoms with Crippen molar-refractivity contribution in [3.05, 3.63) is 17.7 Å². The third kappa shape index (κ3) is 1.97. The van der Waals surface area contributed by atoms with E-state index in [0.717, 1.165) is 12.1 Å². The molecule has 0 aliphatic heterocycles. The standard InChI is InChI=1S/C7H6O5.Sn.H/c8-4-1-3(7(11)12)2-5(9)6(4)10;;/h1-2,8-10H,(H,11,12);;/q;+1;/p-1. The molecule has 0 fully saturated rings. The molecule has 0 saturated heterocycles. The molecule has 1 rings (SSSR count). The zero-order valence-corrected chi connectivity index (χ0v) is 9.69. The quantitative estimate of drug-likeness (QED) is 0.491. The van der Waals surface area contributed by atoms with E-state index in [1.165, 1.54) is 0 Å². The van der Waals surface area contributed by atoms with E-state index >= 15 is 0 Å². The first-order valence-electron chi connectivity index (χ1n) is 3.22. The summed E-state index contributed by atoms with van der Waals surface area (Å²) in [6, 6.07) is 2.04. The summed E-state index contributed by atoms with van der Waals surface area (Å²) in [4.78, 5) is 10.9. The Bertz CT molecular complexity index is 326. The molecule has 0 aliphatic rings. The summed E-state index contributed by atoms with van der Waals surface area (Å²) in [6.45, 7) is 0. The minimum atomic E-state index is -0.649. The maximum absolute atomic E-state index is 10.9. The number of rotatable bonds is 1. The number of phenolic OH excluding ortho intramolecular Hbond substituents is 3. The van der Waals surface area contributed by atoms with Crippen LogP contribution in [0.3, 0.4) is 0 Å². The molecule has 13 heavy (non-hydrogen) atoms. The molecule has 0 unspecified atom stereocenters. The second-order valence-corrected chi connectivity index (χ2v) is 2.94. The van der Waals surface area contributed by atoms with E-state index in [9.17, 15) is 4.79 Å². The molecule has 68 valence electrons. The third-order valence-electron chi connectivity index (χ3n) is 1.41. The molecule has 1 aromatic rings. The van der Waals surface area contributed by atoms with Crippen molar-refractivity contribution in [3.8, 4) is 17.2 Å². The fourth-order valence-electron chi connectivity index (χ4n) is 0.790. The van der Waals surface area contributed by atoms with Crippen molar-refractivity contribution in [3.63, 3.8) is 0 Å². The molecule has 3 N–H and O–H groups in total. The summed E-state index contributed by atoms with van der Waals surface area (Å²) < 4.78 is 4.47. The van der Waals surface area contributed by atoms with Crippen LogP contribution in [0.5, 0.6) is 17.2 Å². The van der Waals surface area contributed by atoms with E-state index in [1.807, 2.05) is 0 Å². The van der Waals surface area contributed by atoms with Crippen LogP contribution in [0.4, 0.5) is 0 Å². The van der Waals surface area contributed by atoms with Gasteiger partial charge in [0.05, 0.1) is 0 Å². The first-order chi connectivity index (χ1) is 6.06. The average molecular weight is 289 g/mol. The van der Waals surface area contributed by atoms with Gasteiger partial charge in [0, 0.05) is 0 Å². The van der Waals surface area contributed by atoms with Crippen LogP contribution >= 0.6 is 0 Å². The van der Waals surface area contributed by atoms with E-state index in [4.69, 9.17) is 15.3 Å². The normalized spacial score (nSPS) is 9.62. The van der Waals surface area contributed by atoms with Crippen molar-refractivity contribution < 1.29 is 23.2 Å². The minimum absolute atomic E-state index is 0.000370. The molecule has 0 aromatic heterocycles. The summed E-state index contributed by atoms with van der Waals surface area (Å²) >= 11 is 0.287. The first-order valence-corrected chi connectivity index (χ1v) is 4.56. The van der Waals surface area contributed by atoms with Crippen molar-refractivity contribution in [1.29, 1.82) is 0 Å². The van der Waals surface area contributed by atoms with Gasteiger partial charge in [0.2, 0.25) is 0 Å². The zero-order valence-electron chi connectivity index (χ0n) is 6.39. The number of hydrogen-bond donors (Lipinski definition) is 3. The van der Waals surface area contributed by atoms with Crippen LogP contribution in [0.15, 0.2) is 12.1 Å². The third-order valence-corrected chi connectivity index (χ3v) is 2.02. The van der Waals surface area contributed by atoms with Gasteiger partial charge in [-0.05, 0) is 0 Å². The Morgan fingerprint density at radius 1 is 1.23 bits per heavy atom. The molecule has 0 amide bonds. The molecule has 1 aromatic carbocycles. The van der Waals surface area contributed by atoms with E-state index in [1.54, 1.807) is 0 Å². The zero-order chi connectivity index (χ0) is 10.0. The van der Waals surface area contributed by atoms with Gasteiger partial charge in [0.15, 0.2) is 0 Å². The van der Waals surface area contributed by atoms with Crippen molar-refractivity contribution >= 4 is 28.9 Å². The van der Waals surface area contributed by atoms with Gasteiger partial charge in [0.1, 0.15) is 0 Å². The Hall–Kier alpha value is -1.11. The maximum atomic E-state index is 10.9. The van der Waals surface area contributed by atoms with Crippen LogP contribution in [-0.2, 0) is 3.07 Å². The summed E-state index contributed by atoms with van der Waals surface area (Å²) in [5.74, 6) is -2.40. The van der Waals surface area contributed by atoms with Crippen LogP contribution in [0, 0.1) is 0 Å². The number of phenols is 3. The number of carbonyl (C=O) groups is 1. The van der Waals surface area contributed by atoms with Gasteiger partial charge in [0.25, 0.3) is 0 Å². The molecular weight excluding hydrogens is 283 g/mol. The van der Waals surface area contributed by atoms with Gasteiger partial charge in [-0.15, -0.1) is 0 Å². The summed E-state index contributed by atoms with van der Waals surface area (Å²) in [5, 5.41) is 27.0. The fraction of sp³-hybridized carbons (Fsp3) is 0. The molecule has 0 bridgehead atoms. The summed E-state index contributed by atoms with van der Waals surface area (Å²) in [7, 11) is 0. The van der Waals surface area contributed by atoms with Gasteiger partial charge < -0.3 is 0 Å². The summed E-state index contributed by atoms with van der Waals surface area (Å²) in [5.41, 5.74) is 0.000370.